The average molecular weight is 1030 g/mol. The summed E-state index contributed by atoms with van der Waals surface area (Å²) in [7, 11) is 0. The van der Waals surface area contributed by atoms with Crippen LogP contribution in [0.3, 0.4) is 0 Å². The van der Waals surface area contributed by atoms with E-state index >= 15 is 0 Å². The first-order valence-corrected chi connectivity index (χ1v) is 28.5. The maximum Gasteiger partial charge on any atom is 0.0713 e. The molecule has 2 heterocycles. The lowest BCUT2D eigenvalue weighted by atomic mass is 9.71. The molecule has 0 aromatic heterocycles. The predicted molar refractivity (Wildman–Crippen MR) is 337 cm³/mol. The van der Waals surface area contributed by atoms with E-state index in [1.807, 2.05) is 0 Å². The minimum Gasteiger partial charge on any atom is -0.330 e. The Balaban J connectivity index is 0.868. The van der Waals surface area contributed by atoms with Crippen LogP contribution in [-0.2, 0) is 5.41 Å². The summed E-state index contributed by atoms with van der Waals surface area (Å²) >= 11 is 0. The fourth-order valence-corrected chi connectivity index (χ4v) is 13.2. The molecule has 4 nitrogen and oxygen atoms in total. The molecule has 0 fully saturated rings. The highest BCUT2D eigenvalue weighted by molar-refractivity contribution is 5.93. The van der Waals surface area contributed by atoms with Gasteiger partial charge in [0.05, 0.1) is 11.2 Å². The lowest BCUT2D eigenvalue weighted by Gasteiger charge is -2.47. The van der Waals surface area contributed by atoms with Crippen molar-refractivity contribution in [3.8, 4) is 11.1 Å². The standard InChI is InChI=1S/C76H64N4/c1-75(2)71-52-57(54-34-41-66(42-35-54)77(60-22-10-4-11-23-60)61-24-12-5-13-25-61)40-47-73(71)80-74-69(50-59(53-72(74)75)56-38-45-68(46-39-56)79(64-30-18-8-19-31-64)65-32-20-9-21-33-65)70-51-58(48-49-76(70,80)3)55-36-43-67(44-37-55)78(62-26-14-6-15-27-62)63-28-16-7-17-29-63/h4-8,10-20,22-38,40-45,47-53,70H,9,21,39,46H2,1-3H3. The molecule has 0 spiro atoms. The number of para-hydroxylation sites is 5. The fraction of sp³-hybridized carbons (Fsp3) is 0.132. The lowest BCUT2D eigenvalue weighted by Crippen LogP contribution is -2.45. The smallest absolute Gasteiger partial charge is 0.0713 e. The van der Waals surface area contributed by atoms with Crippen LogP contribution in [0.2, 0.25) is 0 Å². The molecule has 5 aliphatic rings. The highest BCUT2D eigenvalue weighted by Crippen LogP contribution is 2.63. The number of rotatable bonds is 12. The van der Waals surface area contributed by atoms with Gasteiger partial charge in [-0.1, -0.05) is 172 Å². The Morgan fingerprint density at radius 2 is 0.938 bits per heavy atom. The normalized spacial score (nSPS) is 18.2. The highest BCUT2D eigenvalue weighted by atomic mass is 15.3. The van der Waals surface area contributed by atoms with Crippen LogP contribution >= 0.6 is 0 Å². The van der Waals surface area contributed by atoms with Crippen molar-refractivity contribution < 1.29 is 0 Å². The summed E-state index contributed by atoms with van der Waals surface area (Å²) in [4.78, 5) is 9.85. The SMILES string of the molecule is CC1(C)c2cc(-c3ccc(N(c4ccccc4)c4ccccc4)cc3)ccc2N2c3c(cc(C4=CC=C(N(C5=CCCC=C5)c5ccccc5)CC4)cc31)C1C=C(c3ccc(N(c4ccccc4)c4ccccc4)cc3)C=CC12C. The third kappa shape index (κ3) is 8.55. The van der Waals surface area contributed by atoms with Gasteiger partial charge in [-0.2, -0.15) is 0 Å². The largest absolute Gasteiger partial charge is 0.330 e. The second-order valence-electron chi connectivity index (χ2n) is 22.5. The summed E-state index contributed by atoms with van der Waals surface area (Å²) in [6.45, 7) is 7.38. The Morgan fingerprint density at radius 1 is 0.438 bits per heavy atom. The average Bonchev–Trinajstić information content (AvgIpc) is 2.67. The molecule has 0 saturated heterocycles. The van der Waals surface area contributed by atoms with Crippen LogP contribution in [0.1, 0.15) is 80.2 Å². The van der Waals surface area contributed by atoms with E-state index in [2.05, 4.69) is 320 Å². The molecule has 388 valence electrons. The molecule has 14 rings (SSSR count). The Morgan fingerprint density at radius 3 is 1.45 bits per heavy atom. The summed E-state index contributed by atoms with van der Waals surface area (Å²) in [6.07, 6.45) is 23.3. The van der Waals surface area contributed by atoms with Gasteiger partial charge >= 0.3 is 0 Å². The molecule has 2 unspecified atom stereocenters. The third-order valence-electron chi connectivity index (χ3n) is 17.3. The van der Waals surface area contributed by atoms with Gasteiger partial charge in [-0.15, -0.1) is 0 Å². The van der Waals surface area contributed by atoms with Crippen molar-refractivity contribution in [1.82, 2.24) is 0 Å². The number of allylic oxidation sites excluding steroid dienone is 9. The van der Waals surface area contributed by atoms with Crippen LogP contribution in [0.25, 0.3) is 22.3 Å². The monoisotopic (exact) mass is 1030 g/mol. The molecule has 0 amide bonds. The molecule has 0 radical (unpaired) electrons. The van der Waals surface area contributed by atoms with Crippen molar-refractivity contribution in [3.63, 3.8) is 0 Å². The van der Waals surface area contributed by atoms with Crippen molar-refractivity contribution in [3.05, 3.63) is 318 Å². The number of hydrogen-bond acceptors (Lipinski definition) is 4. The predicted octanol–water partition coefficient (Wildman–Crippen LogP) is 20.4. The van der Waals surface area contributed by atoms with Crippen LogP contribution in [0, 0.1) is 0 Å². The first-order valence-electron chi connectivity index (χ1n) is 28.5. The van der Waals surface area contributed by atoms with Gasteiger partial charge in [0.15, 0.2) is 0 Å². The lowest BCUT2D eigenvalue weighted by molar-refractivity contribution is 0.529. The number of fused-ring (bicyclic) bond motifs is 5. The Bertz CT molecular complexity index is 3880. The van der Waals surface area contributed by atoms with Crippen LogP contribution in [0.5, 0.6) is 0 Å². The first-order chi connectivity index (χ1) is 39.3. The van der Waals surface area contributed by atoms with E-state index < -0.39 is 0 Å². The quantitative estimate of drug-likeness (QED) is 0.121. The number of anilines is 9. The number of hydrogen-bond donors (Lipinski definition) is 0. The van der Waals surface area contributed by atoms with Crippen LogP contribution in [0.15, 0.2) is 291 Å². The van der Waals surface area contributed by atoms with E-state index in [9.17, 15) is 0 Å². The Hall–Kier alpha value is -9.38. The summed E-state index contributed by atoms with van der Waals surface area (Å²) in [5.41, 5.74) is 24.3. The topological polar surface area (TPSA) is 13.0 Å². The molecule has 9 aromatic carbocycles. The first kappa shape index (κ1) is 49.0. The molecule has 0 N–H and O–H groups in total. The third-order valence-corrected chi connectivity index (χ3v) is 17.3. The molecule has 4 heteroatoms. The van der Waals surface area contributed by atoms with Crippen molar-refractivity contribution in [2.45, 2.75) is 63.3 Å². The van der Waals surface area contributed by atoms with Crippen molar-refractivity contribution >= 4 is 62.3 Å². The zero-order valence-electron chi connectivity index (χ0n) is 45.8. The van der Waals surface area contributed by atoms with Gasteiger partial charge in [-0.05, 0) is 204 Å². The zero-order valence-corrected chi connectivity index (χ0v) is 45.8. The summed E-state index contributed by atoms with van der Waals surface area (Å²) in [5, 5.41) is 0. The van der Waals surface area contributed by atoms with Gasteiger partial charge in [0, 0.05) is 68.2 Å². The maximum atomic E-state index is 2.71. The molecule has 80 heavy (non-hydrogen) atoms. The molecule has 0 saturated carbocycles. The van der Waals surface area contributed by atoms with E-state index in [4.69, 9.17) is 0 Å². The summed E-state index contributed by atoms with van der Waals surface area (Å²) < 4.78 is 0. The van der Waals surface area contributed by atoms with Crippen molar-refractivity contribution in [2.24, 2.45) is 0 Å². The van der Waals surface area contributed by atoms with E-state index in [1.54, 1.807) is 0 Å². The van der Waals surface area contributed by atoms with Gasteiger partial charge in [0.1, 0.15) is 0 Å². The van der Waals surface area contributed by atoms with E-state index in [-0.39, 0.29) is 16.9 Å². The van der Waals surface area contributed by atoms with Gasteiger partial charge in [-0.25, -0.2) is 0 Å². The Labute approximate surface area is 472 Å². The second-order valence-corrected chi connectivity index (χ2v) is 22.5. The number of benzene rings is 9. The second kappa shape index (κ2) is 20.1. The maximum absolute atomic E-state index is 2.71. The van der Waals surface area contributed by atoms with Crippen LogP contribution in [-0.4, -0.2) is 5.54 Å². The van der Waals surface area contributed by atoms with Crippen LogP contribution < -0.4 is 19.6 Å². The van der Waals surface area contributed by atoms with Gasteiger partial charge < -0.3 is 19.6 Å². The minimum atomic E-state index is -0.352. The van der Waals surface area contributed by atoms with E-state index in [0.29, 0.717) is 0 Å². The molecule has 2 atom stereocenters. The molecule has 0 bridgehead atoms. The van der Waals surface area contributed by atoms with Crippen molar-refractivity contribution in [1.29, 1.82) is 0 Å². The van der Waals surface area contributed by atoms with Gasteiger partial charge in [0.2, 0.25) is 0 Å². The molecular formula is C76H64N4. The van der Waals surface area contributed by atoms with E-state index in [0.717, 1.165) is 59.8 Å². The van der Waals surface area contributed by atoms with Gasteiger partial charge in [-0.3, -0.25) is 0 Å². The van der Waals surface area contributed by atoms with Crippen LogP contribution in [0.4, 0.5) is 51.2 Å². The van der Waals surface area contributed by atoms with E-state index in [1.165, 1.54) is 78.5 Å². The van der Waals surface area contributed by atoms with Crippen molar-refractivity contribution in [2.75, 3.05) is 19.6 Å². The zero-order chi connectivity index (χ0) is 53.8. The number of nitrogens with zero attached hydrogens (tertiary/aromatic N) is 4. The summed E-state index contributed by atoms with van der Waals surface area (Å²) in [6, 6.07) is 84.2. The molecule has 2 aliphatic heterocycles. The Kier molecular flexibility index (Phi) is 12.3. The molecule has 9 aromatic rings. The molecular weight excluding hydrogens is 969 g/mol. The summed E-state index contributed by atoms with van der Waals surface area (Å²) in [5.74, 6) is 0.0982. The highest BCUT2D eigenvalue weighted by Gasteiger charge is 2.53. The fourth-order valence-electron chi connectivity index (χ4n) is 13.2. The molecule has 3 aliphatic carbocycles. The minimum absolute atomic E-state index is 0.0982. The van der Waals surface area contributed by atoms with Gasteiger partial charge in [0.25, 0.3) is 0 Å².